The number of fused-ring (bicyclic) bond motifs is 1. The van der Waals surface area contributed by atoms with Crippen LogP contribution in [0.25, 0.3) is 0 Å². The lowest BCUT2D eigenvalue weighted by Gasteiger charge is -2.38. The Balaban J connectivity index is 2.18. The van der Waals surface area contributed by atoms with Crippen molar-refractivity contribution in [1.29, 1.82) is 0 Å². The summed E-state index contributed by atoms with van der Waals surface area (Å²) in [6, 6.07) is 4.56. The first-order chi connectivity index (χ1) is 10.4. The van der Waals surface area contributed by atoms with Crippen molar-refractivity contribution in [3.8, 4) is 11.8 Å². The van der Waals surface area contributed by atoms with E-state index in [1.165, 1.54) is 6.07 Å². The van der Waals surface area contributed by atoms with Crippen LogP contribution < -0.4 is 10.6 Å². The average Bonchev–Trinajstić information content (AvgIpc) is 3.26. The monoisotopic (exact) mass is 344 g/mol. The van der Waals surface area contributed by atoms with Crippen LogP contribution in [0.1, 0.15) is 24.0 Å². The molecular formula is C15H12ClF3N2S. The molecule has 1 aromatic rings. The molecule has 1 heterocycles. The summed E-state index contributed by atoms with van der Waals surface area (Å²) in [6.07, 6.45) is -2.90. The number of anilines is 1. The van der Waals surface area contributed by atoms with Crippen LogP contribution in [0, 0.1) is 17.8 Å². The SMILES string of the molecule is FC(F)(F)C1(C#CC2CC2)NC(=S)Nc2cc(CCl)ccc21. The minimum Gasteiger partial charge on any atom is -0.335 e. The van der Waals surface area contributed by atoms with Crippen LogP contribution in [-0.2, 0) is 11.4 Å². The van der Waals surface area contributed by atoms with E-state index in [-0.39, 0.29) is 22.5 Å². The lowest BCUT2D eigenvalue weighted by atomic mass is 9.86. The van der Waals surface area contributed by atoms with Gasteiger partial charge in [0.15, 0.2) is 5.11 Å². The largest absolute Gasteiger partial charge is 0.427 e. The number of hydrogen-bond acceptors (Lipinski definition) is 1. The van der Waals surface area contributed by atoms with E-state index in [1.54, 1.807) is 12.1 Å². The Morgan fingerprint density at radius 2 is 2.09 bits per heavy atom. The first-order valence-electron chi connectivity index (χ1n) is 6.74. The molecule has 0 radical (unpaired) electrons. The summed E-state index contributed by atoms with van der Waals surface area (Å²) in [7, 11) is 0. The number of rotatable bonds is 1. The standard InChI is InChI=1S/C15H12ClF3N2S/c16-8-10-3-4-11-12(7-10)20-13(22)21-14(11,15(17,18)19)6-5-9-1-2-9/h3-4,7,9H,1-2,8H2,(H2,20,21,22). The average molecular weight is 345 g/mol. The van der Waals surface area contributed by atoms with Gasteiger partial charge < -0.3 is 10.6 Å². The van der Waals surface area contributed by atoms with Crippen molar-refractivity contribution in [3.63, 3.8) is 0 Å². The molecule has 0 aromatic heterocycles. The molecule has 7 heteroatoms. The van der Waals surface area contributed by atoms with Crippen LogP contribution in [0.5, 0.6) is 0 Å². The molecule has 0 spiro atoms. The van der Waals surface area contributed by atoms with E-state index in [9.17, 15) is 13.2 Å². The van der Waals surface area contributed by atoms with Gasteiger partial charge >= 0.3 is 6.18 Å². The Morgan fingerprint density at radius 1 is 1.36 bits per heavy atom. The molecule has 1 aliphatic heterocycles. The molecule has 22 heavy (non-hydrogen) atoms. The fraction of sp³-hybridized carbons (Fsp3) is 0.400. The van der Waals surface area contributed by atoms with Crippen LogP contribution in [0.4, 0.5) is 18.9 Å². The van der Waals surface area contributed by atoms with E-state index in [0.717, 1.165) is 12.8 Å². The van der Waals surface area contributed by atoms with E-state index < -0.39 is 11.7 Å². The van der Waals surface area contributed by atoms with Crippen molar-refractivity contribution in [1.82, 2.24) is 5.32 Å². The molecule has 2 N–H and O–H groups in total. The molecule has 1 aromatic carbocycles. The molecule has 116 valence electrons. The topological polar surface area (TPSA) is 24.1 Å². The number of benzene rings is 1. The van der Waals surface area contributed by atoms with Gasteiger partial charge in [-0.2, -0.15) is 13.2 Å². The lowest BCUT2D eigenvalue weighted by Crippen LogP contribution is -2.59. The van der Waals surface area contributed by atoms with Gasteiger partial charge in [0.2, 0.25) is 5.54 Å². The molecule has 1 unspecified atom stereocenters. The van der Waals surface area contributed by atoms with Crippen molar-refractivity contribution >= 4 is 34.6 Å². The van der Waals surface area contributed by atoms with Gasteiger partial charge in [0.05, 0.1) is 0 Å². The highest BCUT2D eigenvalue weighted by atomic mass is 35.5. The smallest absolute Gasteiger partial charge is 0.335 e. The van der Waals surface area contributed by atoms with Crippen LogP contribution in [0.15, 0.2) is 18.2 Å². The zero-order chi connectivity index (χ0) is 16.0. The molecule has 1 saturated carbocycles. The van der Waals surface area contributed by atoms with Gasteiger partial charge in [-0.25, -0.2) is 0 Å². The van der Waals surface area contributed by atoms with Crippen molar-refractivity contribution in [2.45, 2.75) is 30.4 Å². The van der Waals surface area contributed by atoms with E-state index in [0.29, 0.717) is 11.3 Å². The number of nitrogens with one attached hydrogen (secondary N) is 2. The highest BCUT2D eigenvalue weighted by Crippen LogP contribution is 2.44. The maximum absolute atomic E-state index is 13.8. The summed E-state index contributed by atoms with van der Waals surface area (Å²) in [5, 5.41) is 5.00. The maximum atomic E-state index is 13.8. The molecule has 0 bridgehead atoms. The first kappa shape index (κ1) is 15.4. The molecule has 2 aliphatic rings. The number of thiocarbonyl (C=S) groups is 1. The maximum Gasteiger partial charge on any atom is 0.427 e. The summed E-state index contributed by atoms with van der Waals surface area (Å²) >= 11 is 10.7. The lowest BCUT2D eigenvalue weighted by molar-refractivity contribution is -0.177. The normalized spacial score (nSPS) is 23.7. The van der Waals surface area contributed by atoms with Crippen LogP contribution in [0.2, 0.25) is 0 Å². The molecular weight excluding hydrogens is 333 g/mol. The van der Waals surface area contributed by atoms with E-state index >= 15 is 0 Å². The third kappa shape index (κ3) is 2.64. The second-order valence-electron chi connectivity index (χ2n) is 5.38. The summed E-state index contributed by atoms with van der Waals surface area (Å²) < 4.78 is 41.5. The van der Waals surface area contributed by atoms with Crippen LogP contribution >= 0.6 is 23.8 Å². The second kappa shape index (κ2) is 5.32. The summed E-state index contributed by atoms with van der Waals surface area (Å²) in [5.41, 5.74) is -1.44. The molecule has 0 saturated heterocycles. The first-order valence-corrected chi connectivity index (χ1v) is 7.68. The summed E-state index contributed by atoms with van der Waals surface area (Å²) in [6.45, 7) is 0. The zero-order valence-electron chi connectivity index (χ0n) is 11.4. The third-order valence-electron chi connectivity index (χ3n) is 3.66. The number of halogens is 4. The van der Waals surface area contributed by atoms with Crippen molar-refractivity contribution in [3.05, 3.63) is 29.3 Å². The minimum atomic E-state index is -4.60. The van der Waals surface area contributed by atoms with Gasteiger partial charge in [0.1, 0.15) is 0 Å². The summed E-state index contributed by atoms with van der Waals surface area (Å²) in [4.78, 5) is 0. The Hall–Kier alpha value is -1.45. The van der Waals surface area contributed by atoms with E-state index in [1.807, 2.05) is 0 Å². The van der Waals surface area contributed by atoms with Gasteiger partial charge in [-0.05, 0) is 36.7 Å². The molecule has 1 fully saturated rings. The predicted molar refractivity (Wildman–Crippen MR) is 83.6 cm³/mol. The van der Waals surface area contributed by atoms with Crippen molar-refractivity contribution in [2.24, 2.45) is 5.92 Å². The molecule has 3 rings (SSSR count). The summed E-state index contributed by atoms with van der Waals surface area (Å²) in [5.74, 6) is 5.39. The van der Waals surface area contributed by atoms with Crippen molar-refractivity contribution in [2.75, 3.05) is 5.32 Å². The van der Waals surface area contributed by atoms with Crippen LogP contribution in [0.3, 0.4) is 0 Å². The molecule has 1 aliphatic carbocycles. The van der Waals surface area contributed by atoms with Gasteiger partial charge in [-0.3, -0.25) is 0 Å². The third-order valence-corrected chi connectivity index (χ3v) is 4.17. The van der Waals surface area contributed by atoms with Gasteiger partial charge in [0.25, 0.3) is 0 Å². The molecule has 0 amide bonds. The Kier molecular flexibility index (Phi) is 3.74. The highest BCUT2D eigenvalue weighted by molar-refractivity contribution is 7.80. The Morgan fingerprint density at radius 3 is 2.68 bits per heavy atom. The fourth-order valence-corrected chi connectivity index (χ4v) is 2.76. The van der Waals surface area contributed by atoms with E-state index in [2.05, 4.69) is 22.5 Å². The Labute approximate surface area is 136 Å². The predicted octanol–water partition coefficient (Wildman–Crippen LogP) is 3.90. The van der Waals surface area contributed by atoms with Crippen molar-refractivity contribution < 1.29 is 13.2 Å². The number of hydrogen-bond donors (Lipinski definition) is 2. The minimum absolute atomic E-state index is 0.0237. The second-order valence-corrected chi connectivity index (χ2v) is 6.06. The highest BCUT2D eigenvalue weighted by Gasteiger charge is 2.58. The quantitative estimate of drug-likeness (QED) is 0.459. The van der Waals surface area contributed by atoms with Crippen LogP contribution in [-0.4, -0.2) is 11.3 Å². The molecule has 1 atom stereocenters. The number of alkyl halides is 4. The van der Waals surface area contributed by atoms with Gasteiger partial charge in [0, 0.05) is 23.0 Å². The van der Waals surface area contributed by atoms with Gasteiger partial charge in [-0.1, -0.05) is 24.0 Å². The Bertz CT molecular complexity index is 688. The molecule has 2 nitrogen and oxygen atoms in total. The zero-order valence-corrected chi connectivity index (χ0v) is 12.9. The van der Waals surface area contributed by atoms with Gasteiger partial charge in [-0.15, -0.1) is 11.6 Å². The fourth-order valence-electron chi connectivity index (χ4n) is 2.33. The van der Waals surface area contributed by atoms with E-state index in [4.69, 9.17) is 23.8 Å².